The highest BCUT2D eigenvalue weighted by Gasteiger charge is 2.41. The molecule has 0 spiro atoms. The number of carbonyl (C=O) groups is 1. The van der Waals surface area contributed by atoms with E-state index in [-0.39, 0.29) is 18.1 Å². The van der Waals surface area contributed by atoms with Crippen LogP contribution in [0.25, 0.3) is 0 Å². The molecule has 2 atom stereocenters. The molecule has 4 rings (SSSR count). The lowest BCUT2D eigenvalue weighted by Gasteiger charge is -2.36. The highest BCUT2D eigenvalue weighted by atomic mass is 16.5. The van der Waals surface area contributed by atoms with Crippen molar-refractivity contribution in [3.63, 3.8) is 0 Å². The summed E-state index contributed by atoms with van der Waals surface area (Å²) in [5, 5.41) is 9.05. The van der Waals surface area contributed by atoms with Crippen molar-refractivity contribution in [2.24, 2.45) is 0 Å². The SMILES string of the molecule is N#Cc1cccc(C(=O)N2CC3OCCN(Cc4ccccc4)C3C2)c1. The topological polar surface area (TPSA) is 56.6 Å². The van der Waals surface area contributed by atoms with Crippen molar-refractivity contribution < 1.29 is 9.53 Å². The number of rotatable bonds is 3. The summed E-state index contributed by atoms with van der Waals surface area (Å²) in [4.78, 5) is 17.1. The first kappa shape index (κ1) is 16.8. The number of ether oxygens (including phenoxy) is 1. The van der Waals surface area contributed by atoms with Crippen LogP contribution in [0, 0.1) is 11.3 Å². The van der Waals surface area contributed by atoms with Crippen molar-refractivity contribution >= 4 is 5.91 Å². The van der Waals surface area contributed by atoms with Gasteiger partial charge in [-0.3, -0.25) is 9.69 Å². The maximum absolute atomic E-state index is 12.9. The van der Waals surface area contributed by atoms with Crippen LogP contribution in [0.15, 0.2) is 54.6 Å². The molecule has 2 unspecified atom stereocenters. The van der Waals surface area contributed by atoms with E-state index in [1.807, 2.05) is 11.0 Å². The van der Waals surface area contributed by atoms with Crippen LogP contribution in [0.4, 0.5) is 0 Å². The van der Waals surface area contributed by atoms with Crippen LogP contribution in [-0.2, 0) is 11.3 Å². The van der Waals surface area contributed by atoms with Gasteiger partial charge in [-0.05, 0) is 23.8 Å². The fraction of sp³-hybridized carbons (Fsp3) is 0.333. The van der Waals surface area contributed by atoms with Crippen molar-refractivity contribution in [2.45, 2.75) is 18.7 Å². The van der Waals surface area contributed by atoms with Crippen molar-refractivity contribution in [1.29, 1.82) is 5.26 Å². The summed E-state index contributed by atoms with van der Waals surface area (Å²) in [5.41, 5.74) is 2.35. The van der Waals surface area contributed by atoms with E-state index in [2.05, 4.69) is 35.2 Å². The van der Waals surface area contributed by atoms with E-state index in [0.29, 0.717) is 30.8 Å². The quantitative estimate of drug-likeness (QED) is 0.855. The Labute approximate surface area is 153 Å². The van der Waals surface area contributed by atoms with Gasteiger partial charge in [0.1, 0.15) is 0 Å². The zero-order chi connectivity index (χ0) is 17.9. The Hall–Kier alpha value is -2.68. The van der Waals surface area contributed by atoms with Crippen LogP contribution in [0.5, 0.6) is 0 Å². The fourth-order valence-electron chi connectivity index (χ4n) is 3.84. The molecule has 2 heterocycles. The highest BCUT2D eigenvalue weighted by Crippen LogP contribution is 2.26. The van der Waals surface area contributed by atoms with E-state index < -0.39 is 0 Å². The average molecular weight is 347 g/mol. The Morgan fingerprint density at radius 1 is 1.15 bits per heavy atom. The molecule has 2 aliphatic rings. The van der Waals surface area contributed by atoms with Gasteiger partial charge in [0.15, 0.2) is 0 Å². The Bertz CT molecular complexity index is 831. The molecule has 0 N–H and O–H groups in total. The molecule has 2 aromatic carbocycles. The molecule has 2 aromatic rings. The van der Waals surface area contributed by atoms with Crippen LogP contribution in [0.1, 0.15) is 21.5 Å². The maximum Gasteiger partial charge on any atom is 0.254 e. The Morgan fingerprint density at radius 3 is 2.81 bits per heavy atom. The van der Waals surface area contributed by atoms with E-state index in [1.54, 1.807) is 24.3 Å². The van der Waals surface area contributed by atoms with Gasteiger partial charge in [-0.15, -0.1) is 0 Å². The normalized spacial score (nSPS) is 22.7. The van der Waals surface area contributed by atoms with Gasteiger partial charge in [0.2, 0.25) is 0 Å². The number of hydrogen-bond acceptors (Lipinski definition) is 4. The van der Waals surface area contributed by atoms with E-state index in [9.17, 15) is 4.79 Å². The van der Waals surface area contributed by atoms with Crippen LogP contribution in [-0.4, -0.2) is 54.1 Å². The second-order valence-electron chi connectivity index (χ2n) is 6.84. The van der Waals surface area contributed by atoms with Crippen LogP contribution < -0.4 is 0 Å². The molecule has 2 aliphatic heterocycles. The second-order valence-corrected chi connectivity index (χ2v) is 6.84. The lowest BCUT2D eigenvalue weighted by molar-refractivity contribution is -0.0503. The molecule has 1 amide bonds. The zero-order valence-electron chi connectivity index (χ0n) is 14.5. The Morgan fingerprint density at radius 2 is 2.00 bits per heavy atom. The average Bonchev–Trinajstić information content (AvgIpc) is 3.13. The number of fused-ring (bicyclic) bond motifs is 1. The summed E-state index contributed by atoms with van der Waals surface area (Å²) in [5.74, 6) is -0.0280. The molecular weight excluding hydrogens is 326 g/mol. The number of nitriles is 1. The molecule has 26 heavy (non-hydrogen) atoms. The minimum atomic E-state index is -0.0280. The van der Waals surface area contributed by atoms with Crippen LogP contribution in [0.3, 0.4) is 0 Å². The minimum Gasteiger partial charge on any atom is -0.373 e. The largest absolute Gasteiger partial charge is 0.373 e. The Kier molecular flexibility index (Phi) is 4.70. The first-order valence-electron chi connectivity index (χ1n) is 8.93. The van der Waals surface area contributed by atoms with Gasteiger partial charge < -0.3 is 9.64 Å². The summed E-state index contributed by atoms with van der Waals surface area (Å²) < 4.78 is 5.94. The molecule has 5 nitrogen and oxygen atoms in total. The van der Waals surface area contributed by atoms with E-state index in [0.717, 1.165) is 13.1 Å². The second kappa shape index (κ2) is 7.28. The third-order valence-electron chi connectivity index (χ3n) is 5.17. The van der Waals surface area contributed by atoms with E-state index >= 15 is 0 Å². The summed E-state index contributed by atoms with van der Waals surface area (Å²) in [6.07, 6.45) is 0.0514. The van der Waals surface area contributed by atoms with E-state index in [1.165, 1.54) is 5.56 Å². The summed E-state index contributed by atoms with van der Waals surface area (Å²) in [7, 11) is 0. The van der Waals surface area contributed by atoms with Crippen molar-refractivity contribution in [1.82, 2.24) is 9.80 Å². The number of carbonyl (C=O) groups excluding carboxylic acids is 1. The van der Waals surface area contributed by atoms with Crippen LogP contribution in [0.2, 0.25) is 0 Å². The standard InChI is InChI=1S/C21H21N3O2/c22-12-17-7-4-8-18(11-17)21(25)24-14-19-20(15-24)26-10-9-23(19)13-16-5-2-1-3-6-16/h1-8,11,19-20H,9-10,13-15H2. The predicted octanol–water partition coefficient (Wildman–Crippen LogP) is 2.28. The lowest BCUT2D eigenvalue weighted by Crippen LogP contribution is -2.50. The summed E-state index contributed by atoms with van der Waals surface area (Å²) >= 11 is 0. The van der Waals surface area contributed by atoms with Crippen LogP contribution >= 0.6 is 0 Å². The highest BCUT2D eigenvalue weighted by molar-refractivity contribution is 5.94. The number of benzene rings is 2. The van der Waals surface area contributed by atoms with Gasteiger partial charge in [-0.25, -0.2) is 0 Å². The van der Waals surface area contributed by atoms with Crippen molar-refractivity contribution in [2.75, 3.05) is 26.2 Å². The summed E-state index contributed by atoms with van der Waals surface area (Å²) in [6, 6.07) is 19.6. The maximum atomic E-state index is 12.9. The molecule has 2 fully saturated rings. The van der Waals surface area contributed by atoms with Gasteiger partial charge in [0.25, 0.3) is 5.91 Å². The number of hydrogen-bond donors (Lipinski definition) is 0. The minimum absolute atomic E-state index is 0.0280. The molecule has 5 heteroatoms. The fourth-order valence-corrected chi connectivity index (χ4v) is 3.84. The number of morpholine rings is 1. The lowest BCUT2D eigenvalue weighted by atomic mass is 10.1. The monoisotopic (exact) mass is 347 g/mol. The zero-order valence-corrected chi connectivity index (χ0v) is 14.5. The molecule has 2 saturated heterocycles. The molecule has 0 saturated carbocycles. The van der Waals surface area contributed by atoms with Gasteiger partial charge >= 0.3 is 0 Å². The molecule has 132 valence electrons. The van der Waals surface area contributed by atoms with Gasteiger partial charge in [0, 0.05) is 31.7 Å². The smallest absolute Gasteiger partial charge is 0.254 e. The van der Waals surface area contributed by atoms with Crippen molar-refractivity contribution in [3.05, 3.63) is 71.3 Å². The molecule has 0 radical (unpaired) electrons. The van der Waals surface area contributed by atoms with Crippen molar-refractivity contribution in [3.8, 4) is 6.07 Å². The molecule has 0 aromatic heterocycles. The number of likely N-dealkylation sites (tertiary alicyclic amines) is 1. The van der Waals surface area contributed by atoms with Gasteiger partial charge in [0.05, 0.1) is 30.4 Å². The molecular formula is C21H21N3O2. The molecule has 0 aliphatic carbocycles. The third kappa shape index (κ3) is 3.34. The van der Waals surface area contributed by atoms with E-state index in [4.69, 9.17) is 10.00 Å². The summed E-state index contributed by atoms with van der Waals surface area (Å²) in [6.45, 7) is 3.71. The molecule has 0 bridgehead atoms. The number of nitrogens with zero attached hydrogens (tertiary/aromatic N) is 3. The third-order valence-corrected chi connectivity index (χ3v) is 5.17. The predicted molar refractivity (Wildman–Crippen MR) is 97.4 cm³/mol. The Balaban J connectivity index is 1.48. The van der Waals surface area contributed by atoms with Gasteiger partial charge in [-0.2, -0.15) is 5.26 Å². The number of amides is 1. The first-order chi connectivity index (χ1) is 12.7. The van der Waals surface area contributed by atoms with Gasteiger partial charge in [-0.1, -0.05) is 36.4 Å². The first-order valence-corrected chi connectivity index (χ1v) is 8.93.